The lowest BCUT2D eigenvalue weighted by Crippen LogP contribution is -2.37. The first kappa shape index (κ1) is 16.2. The van der Waals surface area contributed by atoms with Crippen molar-refractivity contribution in [2.45, 2.75) is 26.0 Å². The van der Waals surface area contributed by atoms with E-state index in [2.05, 4.69) is 28.9 Å². The van der Waals surface area contributed by atoms with E-state index in [1.165, 1.54) is 18.1 Å². The molecule has 0 spiro atoms. The lowest BCUT2D eigenvalue weighted by atomic mass is 9.82. The van der Waals surface area contributed by atoms with Crippen molar-refractivity contribution < 1.29 is 14.6 Å². The largest absolute Gasteiger partial charge is 0.466 e. The Hall–Kier alpha value is -2.27. The summed E-state index contributed by atoms with van der Waals surface area (Å²) in [5.74, 6) is 0.278. The quantitative estimate of drug-likeness (QED) is 0.843. The first-order chi connectivity index (χ1) is 12.1. The van der Waals surface area contributed by atoms with E-state index in [1.807, 2.05) is 24.5 Å². The third-order valence-electron chi connectivity index (χ3n) is 5.93. The molecule has 5 heteroatoms. The standard InChI is InChI=1S/C20H24N2O3/c1-12-16-10-22(9-13-8-21-18-6-4-3-5-14(13)18)11-17(20(24)25-2)15(16)7-19(12)23/h3-6,8,11-12,15-16,19,21,23H,7,9-10H2,1-2H3/t12-,15+,16-,19+/m1/s1. The number of benzene rings is 1. The van der Waals surface area contributed by atoms with Gasteiger partial charge in [0.15, 0.2) is 0 Å². The molecule has 0 unspecified atom stereocenters. The number of aliphatic hydroxyl groups excluding tert-OH is 1. The second kappa shape index (κ2) is 6.23. The van der Waals surface area contributed by atoms with Gasteiger partial charge >= 0.3 is 5.97 Å². The maximum Gasteiger partial charge on any atom is 0.335 e. The lowest BCUT2D eigenvalue weighted by molar-refractivity contribution is -0.137. The van der Waals surface area contributed by atoms with Gasteiger partial charge in [-0.2, -0.15) is 0 Å². The number of aliphatic hydroxyl groups is 1. The van der Waals surface area contributed by atoms with E-state index in [1.54, 1.807) is 0 Å². The number of nitrogens with zero attached hydrogens (tertiary/aromatic N) is 1. The van der Waals surface area contributed by atoms with Crippen LogP contribution in [0.15, 0.2) is 42.2 Å². The molecule has 4 atom stereocenters. The molecule has 5 nitrogen and oxygen atoms in total. The molecule has 1 aromatic carbocycles. The van der Waals surface area contributed by atoms with Crippen LogP contribution < -0.4 is 0 Å². The number of rotatable bonds is 3. The molecule has 132 valence electrons. The first-order valence-electron chi connectivity index (χ1n) is 8.85. The number of carbonyl (C=O) groups is 1. The van der Waals surface area contributed by atoms with Gasteiger partial charge < -0.3 is 19.7 Å². The van der Waals surface area contributed by atoms with Gasteiger partial charge in [-0.3, -0.25) is 0 Å². The number of aromatic amines is 1. The van der Waals surface area contributed by atoms with Crippen molar-refractivity contribution in [1.29, 1.82) is 0 Å². The minimum absolute atomic E-state index is 0.0941. The van der Waals surface area contributed by atoms with Gasteiger partial charge in [-0.15, -0.1) is 0 Å². The van der Waals surface area contributed by atoms with E-state index in [9.17, 15) is 9.90 Å². The number of methoxy groups -OCH3 is 1. The van der Waals surface area contributed by atoms with Gasteiger partial charge in [-0.25, -0.2) is 4.79 Å². The number of para-hydroxylation sites is 1. The molecular formula is C20H24N2O3. The van der Waals surface area contributed by atoms with Crippen molar-refractivity contribution in [3.8, 4) is 0 Å². The molecular weight excluding hydrogens is 316 g/mol. The Morgan fingerprint density at radius 1 is 1.40 bits per heavy atom. The monoisotopic (exact) mass is 340 g/mol. The van der Waals surface area contributed by atoms with E-state index in [0.717, 1.165) is 18.6 Å². The summed E-state index contributed by atoms with van der Waals surface area (Å²) < 4.78 is 5.00. The summed E-state index contributed by atoms with van der Waals surface area (Å²) in [7, 11) is 1.42. The van der Waals surface area contributed by atoms with Gasteiger partial charge in [0.25, 0.3) is 0 Å². The molecule has 1 aliphatic heterocycles. The summed E-state index contributed by atoms with van der Waals surface area (Å²) in [6, 6.07) is 8.24. The van der Waals surface area contributed by atoms with Gasteiger partial charge in [0.1, 0.15) is 0 Å². The second-order valence-corrected chi connectivity index (χ2v) is 7.30. The molecule has 0 amide bonds. The smallest absolute Gasteiger partial charge is 0.335 e. The molecule has 2 aromatic rings. The summed E-state index contributed by atoms with van der Waals surface area (Å²) in [4.78, 5) is 17.8. The average molecular weight is 340 g/mol. The van der Waals surface area contributed by atoms with E-state index in [4.69, 9.17) is 4.74 Å². The Labute approximate surface area is 147 Å². The Morgan fingerprint density at radius 3 is 3.00 bits per heavy atom. The Balaban J connectivity index is 1.65. The predicted octanol–water partition coefficient (Wildman–Crippen LogP) is 2.67. The predicted molar refractivity (Wildman–Crippen MR) is 95.6 cm³/mol. The number of hydrogen-bond acceptors (Lipinski definition) is 4. The molecule has 2 aliphatic rings. The molecule has 0 bridgehead atoms. The fraction of sp³-hybridized carbons (Fsp3) is 0.450. The summed E-state index contributed by atoms with van der Waals surface area (Å²) >= 11 is 0. The lowest BCUT2D eigenvalue weighted by Gasteiger charge is -2.35. The van der Waals surface area contributed by atoms with Gasteiger partial charge in [0.05, 0.1) is 18.8 Å². The van der Waals surface area contributed by atoms with Crippen LogP contribution in [0.1, 0.15) is 18.9 Å². The summed E-state index contributed by atoms with van der Waals surface area (Å²) in [5, 5.41) is 11.5. The minimum Gasteiger partial charge on any atom is -0.466 e. The summed E-state index contributed by atoms with van der Waals surface area (Å²) in [5.41, 5.74) is 3.02. The second-order valence-electron chi connectivity index (χ2n) is 7.30. The molecule has 2 heterocycles. The zero-order valence-corrected chi connectivity index (χ0v) is 14.6. The number of H-pyrrole nitrogens is 1. The van der Waals surface area contributed by atoms with Crippen LogP contribution in [-0.2, 0) is 16.1 Å². The Bertz CT molecular complexity index is 825. The average Bonchev–Trinajstić information content (AvgIpc) is 3.16. The third kappa shape index (κ3) is 2.72. The highest BCUT2D eigenvalue weighted by Crippen LogP contribution is 2.44. The molecule has 1 fully saturated rings. The molecule has 0 saturated heterocycles. The van der Waals surface area contributed by atoms with Crippen molar-refractivity contribution in [2.75, 3.05) is 13.7 Å². The normalized spacial score (nSPS) is 28.8. The van der Waals surface area contributed by atoms with E-state index in [-0.39, 0.29) is 29.8 Å². The van der Waals surface area contributed by atoms with Crippen LogP contribution in [0.5, 0.6) is 0 Å². The van der Waals surface area contributed by atoms with Crippen molar-refractivity contribution in [3.05, 3.63) is 47.8 Å². The molecule has 0 radical (unpaired) electrons. The first-order valence-corrected chi connectivity index (χ1v) is 8.85. The van der Waals surface area contributed by atoms with Crippen molar-refractivity contribution in [2.24, 2.45) is 17.8 Å². The Morgan fingerprint density at radius 2 is 2.20 bits per heavy atom. The fourth-order valence-electron chi connectivity index (χ4n) is 4.48. The number of aromatic nitrogens is 1. The number of nitrogens with one attached hydrogen (secondary N) is 1. The molecule has 1 aliphatic carbocycles. The SMILES string of the molecule is COC(=O)C1=CN(Cc2c[nH]c3ccccc23)C[C@@H]2[C@@H](C)[C@@H](O)C[C@H]12. The van der Waals surface area contributed by atoms with Gasteiger partial charge in [-0.05, 0) is 35.8 Å². The number of carbonyl (C=O) groups excluding carboxylic acids is 1. The summed E-state index contributed by atoms with van der Waals surface area (Å²) in [6.45, 7) is 3.67. The van der Waals surface area contributed by atoms with Crippen LogP contribution in [0.2, 0.25) is 0 Å². The van der Waals surface area contributed by atoms with Crippen molar-refractivity contribution in [1.82, 2.24) is 9.88 Å². The van der Waals surface area contributed by atoms with E-state index < -0.39 is 0 Å². The molecule has 4 rings (SSSR count). The van der Waals surface area contributed by atoms with Crippen LogP contribution >= 0.6 is 0 Å². The van der Waals surface area contributed by atoms with E-state index >= 15 is 0 Å². The van der Waals surface area contributed by atoms with Crippen LogP contribution in [-0.4, -0.2) is 40.7 Å². The highest BCUT2D eigenvalue weighted by molar-refractivity contribution is 5.89. The minimum atomic E-state index is -0.351. The van der Waals surface area contributed by atoms with Crippen molar-refractivity contribution >= 4 is 16.9 Å². The highest BCUT2D eigenvalue weighted by atomic mass is 16.5. The zero-order chi connectivity index (χ0) is 17.6. The van der Waals surface area contributed by atoms with Crippen LogP contribution in [0.25, 0.3) is 10.9 Å². The number of hydrogen-bond donors (Lipinski definition) is 2. The molecule has 1 saturated carbocycles. The van der Waals surface area contributed by atoms with Crippen molar-refractivity contribution in [3.63, 3.8) is 0 Å². The van der Waals surface area contributed by atoms with Crippen LogP contribution in [0.3, 0.4) is 0 Å². The zero-order valence-electron chi connectivity index (χ0n) is 14.6. The maximum atomic E-state index is 12.3. The van der Waals surface area contributed by atoms with Crippen LogP contribution in [0.4, 0.5) is 0 Å². The molecule has 1 aromatic heterocycles. The number of ether oxygens (including phenoxy) is 1. The van der Waals surface area contributed by atoms with Gasteiger partial charge in [-0.1, -0.05) is 25.1 Å². The number of esters is 1. The Kier molecular flexibility index (Phi) is 4.04. The van der Waals surface area contributed by atoms with Crippen LogP contribution in [0, 0.1) is 17.8 Å². The molecule has 2 N–H and O–H groups in total. The highest BCUT2D eigenvalue weighted by Gasteiger charge is 2.46. The van der Waals surface area contributed by atoms with Gasteiger partial charge in [0.2, 0.25) is 0 Å². The topological polar surface area (TPSA) is 65.6 Å². The third-order valence-corrected chi connectivity index (χ3v) is 5.93. The fourth-order valence-corrected chi connectivity index (χ4v) is 4.48. The number of fused-ring (bicyclic) bond motifs is 2. The maximum absolute atomic E-state index is 12.3. The molecule has 25 heavy (non-hydrogen) atoms. The van der Waals surface area contributed by atoms with Gasteiger partial charge in [0, 0.05) is 36.4 Å². The summed E-state index contributed by atoms with van der Waals surface area (Å²) in [6.07, 6.45) is 4.28. The van der Waals surface area contributed by atoms with E-state index in [0.29, 0.717) is 12.0 Å².